The van der Waals surface area contributed by atoms with Gasteiger partial charge in [0.1, 0.15) is 5.76 Å². The Morgan fingerprint density at radius 1 is 1.09 bits per heavy atom. The molecule has 0 radical (unpaired) electrons. The summed E-state index contributed by atoms with van der Waals surface area (Å²) in [6, 6.07) is 11.8. The van der Waals surface area contributed by atoms with Crippen molar-refractivity contribution in [2.75, 3.05) is 33.0 Å². The average Bonchev–Trinajstić information content (AvgIpc) is 3.39. The molecule has 2 heterocycles. The summed E-state index contributed by atoms with van der Waals surface area (Å²) in [6.07, 6.45) is 0.728. The topological polar surface area (TPSA) is 79.3 Å². The number of rotatable bonds is 8. The van der Waals surface area contributed by atoms with Crippen LogP contribution in [0.4, 0.5) is 0 Å². The predicted molar refractivity (Wildman–Crippen MR) is 128 cm³/mol. The number of ether oxygens (including phenoxy) is 2. The van der Waals surface area contributed by atoms with Crippen LogP contribution in [0.2, 0.25) is 0 Å². The molecular weight excluding hydrogens is 488 g/mol. The van der Waals surface area contributed by atoms with Crippen molar-refractivity contribution in [3.63, 3.8) is 0 Å². The van der Waals surface area contributed by atoms with Crippen molar-refractivity contribution < 1.29 is 24.2 Å². The van der Waals surface area contributed by atoms with Gasteiger partial charge in [0.05, 0.1) is 11.6 Å². The number of nitrogens with zero attached hydrogens (tertiary/aromatic N) is 2. The second kappa shape index (κ2) is 9.97. The molecule has 2 aromatic carbocycles. The fraction of sp³-hybridized carbons (Fsp3) is 0.360. The molecule has 0 aliphatic carbocycles. The number of hydrogen-bond acceptors (Lipinski definition) is 6. The van der Waals surface area contributed by atoms with Crippen LogP contribution in [0, 0.1) is 0 Å². The van der Waals surface area contributed by atoms with Gasteiger partial charge in [-0.1, -0.05) is 41.9 Å². The van der Waals surface area contributed by atoms with E-state index in [1.165, 1.54) is 0 Å². The van der Waals surface area contributed by atoms with Gasteiger partial charge in [-0.15, -0.1) is 0 Å². The van der Waals surface area contributed by atoms with Crippen molar-refractivity contribution in [1.82, 2.24) is 9.80 Å². The number of hydrogen-bond donors (Lipinski definition) is 1. The maximum absolute atomic E-state index is 13.1. The van der Waals surface area contributed by atoms with E-state index in [9.17, 15) is 14.7 Å². The number of benzene rings is 2. The first kappa shape index (κ1) is 23.3. The highest BCUT2D eigenvalue weighted by Gasteiger charge is 2.45. The van der Waals surface area contributed by atoms with Crippen molar-refractivity contribution in [2.24, 2.45) is 0 Å². The number of halogens is 1. The number of carbonyl (C=O) groups excluding carboxylic acids is 2. The molecule has 1 N–H and O–H groups in total. The molecule has 0 bridgehead atoms. The third kappa shape index (κ3) is 4.63. The van der Waals surface area contributed by atoms with Crippen LogP contribution < -0.4 is 9.47 Å². The Kier molecular flexibility index (Phi) is 7.05. The van der Waals surface area contributed by atoms with E-state index in [4.69, 9.17) is 9.47 Å². The third-order valence-electron chi connectivity index (χ3n) is 6.14. The Bertz CT molecular complexity index is 1080. The van der Waals surface area contributed by atoms with Crippen LogP contribution in [0.1, 0.15) is 37.4 Å². The number of fused-ring (bicyclic) bond motifs is 1. The monoisotopic (exact) mass is 514 g/mol. The van der Waals surface area contributed by atoms with Crippen molar-refractivity contribution in [1.29, 1.82) is 0 Å². The first-order chi connectivity index (χ1) is 15.9. The van der Waals surface area contributed by atoms with Crippen molar-refractivity contribution >= 4 is 33.4 Å². The molecular formula is C25H27BrN2O5. The van der Waals surface area contributed by atoms with E-state index in [1.807, 2.05) is 24.3 Å². The number of aliphatic hydroxyl groups is 1. The van der Waals surface area contributed by atoms with Crippen LogP contribution in [0.5, 0.6) is 11.5 Å². The third-order valence-corrected chi connectivity index (χ3v) is 6.67. The highest BCUT2D eigenvalue weighted by atomic mass is 79.9. The van der Waals surface area contributed by atoms with Gasteiger partial charge in [0.15, 0.2) is 11.5 Å². The standard InChI is InChI=1S/C25H27BrN2O5/c1-3-27(4-2)12-5-13-28-22(16-6-9-18(26)10-7-16)21(24(30)25(28)31)23(29)17-8-11-19-20(14-17)33-15-32-19/h6-11,14,22,29H,3-5,12-13,15H2,1-2H3. The maximum atomic E-state index is 13.1. The van der Waals surface area contributed by atoms with Crippen LogP contribution in [0.3, 0.4) is 0 Å². The Labute approximate surface area is 201 Å². The second-order valence-electron chi connectivity index (χ2n) is 7.99. The van der Waals surface area contributed by atoms with Crippen molar-refractivity contribution in [3.05, 3.63) is 63.6 Å². The van der Waals surface area contributed by atoms with E-state index in [-0.39, 0.29) is 18.1 Å². The zero-order valence-corrected chi connectivity index (χ0v) is 20.3. The first-order valence-electron chi connectivity index (χ1n) is 11.1. The summed E-state index contributed by atoms with van der Waals surface area (Å²) < 4.78 is 11.6. The molecule has 2 aromatic rings. The van der Waals surface area contributed by atoms with E-state index in [0.717, 1.165) is 36.1 Å². The SMILES string of the molecule is CCN(CC)CCCN1C(=O)C(=O)C(=C(O)c2ccc3c(c2)OCO3)C1c1ccc(Br)cc1. The summed E-state index contributed by atoms with van der Waals surface area (Å²) in [5.41, 5.74) is 1.26. The number of likely N-dealkylation sites (tertiary alicyclic amines) is 1. The van der Waals surface area contributed by atoms with Gasteiger partial charge in [-0.3, -0.25) is 9.59 Å². The predicted octanol–water partition coefficient (Wildman–Crippen LogP) is 4.33. The fourth-order valence-corrected chi connectivity index (χ4v) is 4.57. The molecule has 4 rings (SSSR count). The largest absolute Gasteiger partial charge is 0.507 e. The second-order valence-corrected chi connectivity index (χ2v) is 8.91. The molecule has 1 unspecified atom stereocenters. The number of carbonyl (C=O) groups is 2. The first-order valence-corrected chi connectivity index (χ1v) is 11.9. The lowest BCUT2D eigenvalue weighted by molar-refractivity contribution is -0.140. The van der Waals surface area contributed by atoms with Crippen molar-refractivity contribution in [2.45, 2.75) is 26.3 Å². The molecule has 1 fully saturated rings. The Hall–Kier alpha value is -2.84. The molecule has 8 heteroatoms. The zero-order chi connectivity index (χ0) is 23.5. The van der Waals surface area contributed by atoms with Crippen molar-refractivity contribution in [3.8, 4) is 11.5 Å². The van der Waals surface area contributed by atoms with E-state index >= 15 is 0 Å². The summed E-state index contributed by atoms with van der Waals surface area (Å²) >= 11 is 3.44. The van der Waals surface area contributed by atoms with Gasteiger partial charge in [0, 0.05) is 16.6 Å². The normalized spacial score (nSPS) is 19.0. The van der Waals surface area contributed by atoms with E-state index in [1.54, 1.807) is 23.1 Å². The summed E-state index contributed by atoms with van der Waals surface area (Å²) in [6.45, 7) is 7.40. The van der Waals surface area contributed by atoms with Gasteiger partial charge >= 0.3 is 0 Å². The van der Waals surface area contributed by atoms with Crippen LogP contribution in [0.15, 0.2) is 52.5 Å². The molecule has 174 valence electrons. The molecule has 33 heavy (non-hydrogen) atoms. The summed E-state index contributed by atoms with van der Waals surface area (Å²) in [5, 5.41) is 11.2. The molecule has 0 aromatic heterocycles. The Morgan fingerprint density at radius 3 is 2.48 bits per heavy atom. The van der Waals surface area contributed by atoms with Crippen LogP contribution in [0.25, 0.3) is 5.76 Å². The van der Waals surface area contributed by atoms with Gasteiger partial charge in [0.2, 0.25) is 6.79 Å². The van der Waals surface area contributed by atoms with E-state index in [0.29, 0.717) is 23.6 Å². The summed E-state index contributed by atoms with van der Waals surface area (Å²) in [7, 11) is 0. The Morgan fingerprint density at radius 2 is 1.79 bits per heavy atom. The molecule has 1 saturated heterocycles. The van der Waals surface area contributed by atoms with Gasteiger partial charge in [-0.05, 0) is 62.0 Å². The van der Waals surface area contributed by atoms with Gasteiger partial charge in [-0.2, -0.15) is 0 Å². The summed E-state index contributed by atoms with van der Waals surface area (Å²) in [4.78, 5) is 30.1. The van der Waals surface area contributed by atoms with Gasteiger partial charge < -0.3 is 24.4 Å². The number of amides is 1. The van der Waals surface area contributed by atoms with E-state index in [2.05, 4.69) is 34.7 Å². The van der Waals surface area contributed by atoms with E-state index < -0.39 is 17.7 Å². The van der Waals surface area contributed by atoms with Gasteiger partial charge in [0.25, 0.3) is 11.7 Å². The molecule has 1 amide bonds. The molecule has 0 spiro atoms. The molecule has 1 atom stereocenters. The lowest BCUT2D eigenvalue weighted by Gasteiger charge is -2.27. The number of ketones is 1. The fourth-order valence-electron chi connectivity index (χ4n) is 4.31. The van der Waals surface area contributed by atoms with Crippen LogP contribution in [-0.4, -0.2) is 59.6 Å². The quantitative estimate of drug-likeness (QED) is 0.320. The Balaban J connectivity index is 1.72. The molecule has 2 aliphatic rings. The average molecular weight is 515 g/mol. The van der Waals surface area contributed by atoms with Crippen LogP contribution >= 0.6 is 15.9 Å². The minimum absolute atomic E-state index is 0.0871. The smallest absolute Gasteiger partial charge is 0.295 e. The minimum Gasteiger partial charge on any atom is -0.507 e. The lowest BCUT2D eigenvalue weighted by Crippen LogP contribution is -2.33. The lowest BCUT2D eigenvalue weighted by atomic mass is 9.95. The highest BCUT2D eigenvalue weighted by molar-refractivity contribution is 9.10. The maximum Gasteiger partial charge on any atom is 0.295 e. The molecule has 0 saturated carbocycles. The number of aliphatic hydroxyl groups excluding tert-OH is 1. The van der Waals surface area contributed by atoms with Crippen LogP contribution in [-0.2, 0) is 9.59 Å². The summed E-state index contributed by atoms with van der Waals surface area (Å²) in [5.74, 6) is -0.419. The zero-order valence-electron chi connectivity index (χ0n) is 18.7. The van der Waals surface area contributed by atoms with Gasteiger partial charge in [-0.25, -0.2) is 0 Å². The molecule has 2 aliphatic heterocycles. The number of Topliss-reactive ketones (excluding diaryl/α,β-unsaturated/α-hetero) is 1. The highest BCUT2D eigenvalue weighted by Crippen LogP contribution is 2.41. The minimum atomic E-state index is -0.680. The molecule has 7 nitrogen and oxygen atoms in total.